The predicted octanol–water partition coefficient (Wildman–Crippen LogP) is 5.16. The number of phenolic OH excluding ortho intramolecular Hbond substituents is 1. The van der Waals surface area contributed by atoms with Gasteiger partial charge in [0, 0.05) is 10.0 Å². The minimum absolute atomic E-state index is 0.0313. The summed E-state index contributed by atoms with van der Waals surface area (Å²) in [6.07, 6.45) is 0.493. The molecule has 1 N–H and O–H groups in total. The molecular formula is C16H11BrCl2O2. The third kappa shape index (κ3) is 2.19. The Kier molecular flexibility index (Phi) is 3.55. The quantitative estimate of drug-likeness (QED) is 0.736. The summed E-state index contributed by atoms with van der Waals surface area (Å²) in [5, 5.41) is 9.96. The standard InChI is InChI=1S/C16H11BrCl2O2/c1-16(9-2-4-10(17)5-3-9)7-8-6-11(20)13(18)14(19)12(8)15(16)21/h2-6,20H,7H2,1H3/t16-/m0/s1. The molecular weight excluding hydrogens is 375 g/mol. The SMILES string of the molecule is C[C@@]1(c2ccc(Br)cc2)Cc2cc(O)c(Cl)c(Cl)c2C1=O. The number of benzene rings is 2. The summed E-state index contributed by atoms with van der Waals surface area (Å²) in [4.78, 5) is 12.9. The highest BCUT2D eigenvalue weighted by Crippen LogP contribution is 2.46. The molecule has 0 fully saturated rings. The van der Waals surface area contributed by atoms with Gasteiger partial charge in [-0.25, -0.2) is 0 Å². The molecule has 2 aromatic carbocycles. The topological polar surface area (TPSA) is 37.3 Å². The molecule has 1 aliphatic carbocycles. The molecule has 5 heteroatoms. The lowest BCUT2D eigenvalue weighted by atomic mass is 9.79. The number of phenols is 1. The van der Waals surface area contributed by atoms with Gasteiger partial charge in [0.2, 0.25) is 0 Å². The van der Waals surface area contributed by atoms with Crippen LogP contribution in [0.4, 0.5) is 0 Å². The van der Waals surface area contributed by atoms with Gasteiger partial charge in [-0.3, -0.25) is 4.79 Å². The van der Waals surface area contributed by atoms with Gasteiger partial charge < -0.3 is 5.11 Å². The molecule has 0 unspecified atom stereocenters. The van der Waals surface area contributed by atoms with E-state index in [1.54, 1.807) is 0 Å². The van der Waals surface area contributed by atoms with Gasteiger partial charge >= 0.3 is 0 Å². The first-order valence-corrected chi connectivity index (χ1v) is 7.90. The lowest BCUT2D eigenvalue weighted by Crippen LogP contribution is -2.29. The van der Waals surface area contributed by atoms with Crippen molar-refractivity contribution in [3.63, 3.8) is 0 Å². The van der Waals surface area contributed by atoms with Crippen LogP contribution in [0.25, 0.3) is 0 Å². The minimum atomic E-state index is -0.691. The van der Waals surface area contributed by atoms with Crippen molar-refractivity contribution in [2.75, 3.05) is 0 Å². The van der Waals surface area contributed by atoms with E-state index in [4.69, 9.17) is 23.2 Å². The Hall–Kier alpha value is -1.03. The lowest BCUT2D eigenvalue weighted by Gasteiger charge is -2.22. The summed E-state index contributed by atoms with van der Waals surface area (Å²) in [6.45, 7) is 1.89. The minimum Gasteiger partial charge on any atom is -0.506 e. The van der Waals surface area contributed by atoms with E-state index in [9.17, 15) is 9.90 Å². The van der Waals surface area contributed by atoms with Crippen molar-refractivity contribution in [1.82, 2.24) is 0 Å². The number of fused-ring (bicyclic) bond motifs is 1. The van der Waals surface area contributed by atoms with E-state index >= 15 is 0 Å². The second-order valence-corrected chi connectivity index (χ2v) is 7.07. The molecule has 1 atom stereocenters. The van der Waals surface area contributed by atoms with E-state index < -0.39 is 5.41 Å². The van der Waals surface area contributed by atoms with Crippen LogP contribution in [0, 0.1) is 0 Å². The highest BCUT2D eigenvalue weighted by Gasteiger charge is 2.44. The fourth-order valence-electron chi connectivity index (χ4n) is 2.84. The van der Waals surface area contributed by atoms with E-state index in [1.807, 2.05) is 31.2 Å². The molecule has 0 saturated carbocycles. The van der Waals surface area contributed by atoms with Gasteiger partial charge in [-0.05, 0) is 42.7 Å². The summed E-state index contributed by atoms with van der Waals surface area (Å²) in [7, 11) is 0. The number of hydrogen-bond donors (Lipinski definition) is 1. The molecule has 2 aromatic rings. The fraction of sp³-hybridized carbons (Fsp3) is 0.188. The monoisotopic (exact) mass is 384 g/mol. The molecule has 0 saturated heterocycles. The average molecular weight is 386 g/mol. The smallest absolute Gasteiger partial charge is 0.175 e. The molecule has 0 spiro atoms. The largest absolute Gasteiger partial charge is 0.506 e. The summed E-state index contributed by atoms with van der Waals surface area (Å²) < 4.78 is 0.955. The molecule has 108 valence electrons. The molecule has 1 aliphatic rings. The number of halogens is 3. The van der Waals surface area contributed by atoms with E-state index in [2.05, 4.69) is 15.9 Å². The van der Waals surface area contributed by atoms with Gasteiger partial charge in [0.25, 0.3) is 0 Å². The van der Waals surface area contributed by atoms with Crippen LogP contribution in [0.15, 0.2) is 34.8 Å². The summed E-state index contributed by atoms with van der Waals surface area (Å²) >= 11 is 15.5. The molecule has 0 radical (unpaired) electrons. The maximum Gasteiger partial charge on any atom is 0.175 e. The molecule has 3 rings (SSSR count). The van der Waals surface area contributed by atoms with Gasteiger partial charge in [0.05, 0.1) is 10.4 Å². The zero-order valence-electron chi connectivity index (χ0n) is 11.1. The molecule has 0 heterocycles. The Morgan fingerprint density at radius 3 is 2.43 bits per heavy atom. The van der Waals surface area contributed by atoms with Crippen molar-refractivity contribution in [2.45, 2.75) is 18.8 Å². The number of Topliss-reactive ketones (excluding diaryl/α,β-unsaturated/α-hetero) is 1. The van der Waals surface area contributed by atoms with Crippen molar-refractivity contribution in [3.05, 3.63) is 61.5 Å². The van der Waals surface area contributed by atoms with Crippen LogP contribution in [-0.2, 0) is 11.8 Å². The van der Waals surface area contributed by atoms with Crippen molar-refractivity contribution < 1.29 is 9.90 Å². The van der Waals surface area contributed by atoms with Crippen LogP contribution in [0.5, 0.6) is 5.75 Å². The van der Waals surface area contributed by atoms with E-state index in [-0.39, 0.29) is 21.6 Å². The van der Waals surface area contributed by atoms with Crippen LogP contribution in [0.2, 0.25) is 10.0 Å². The summed E-state index contributed by atoms with van der Waals surface area (Å²) in [6, 6.07) is 9.18. The molecule has 21 heavy (non-hydrogen) atoms. The Morgan fingerprint density at radius 1 is 1.19 bits per heavy atom. The van der Waals surface area contributed by atoms with Crippen LogP contribution < -0.4 is 0 Å². The van der Waals surface area contributed by atoms with Crippen molar-refractivity contribution in [1.29, 1.82) is 0 Å². The fourth-order valence-corrected chi connectivity index (χ4v) is 3.55. The Balaban J connectivity index is 2.16. The zero-order chi connectivity index (χ0) is 15.4. The number of carbonyl (C=O) groups is 1. The molecule has 0 aliphatic heterocycles. The average Bonchev–Trinajstić information content (AvgIpc) is 2.70. The Labute approximate surface area is 140 Å². The molecule has 2 nitrogen and oxygen atoms in total. The maximum atomic E-state index is 12.9. The molecule has 0 bridgehead atoms. The number of aromatic hydroxyl groups is 1. The number of ketones is 1. The van der Waals surface area contributed by atoms with Crippen molar-refractivity contribution in [3.8, 4) is 5.75 Å². The highest BCUT2D eigenvalue weighted by molar-refractivity contribution is 9.10. The Morgan fingerprint density at radius 2 is 1.81 bits per heavy atom. The van der Waals surface area contributed by atoms with Gasteiger partial charge in [-0.1, -0.05) is 51.3 Å². The number of carbonyl (C=O) groups excluding carboxylic acids is 1. The second kappa shape index (κ2) is 5.01. The van der Waals surface area contributed by atoms with Crippen molar-refractivity contribution in [2.24, 2.45) is 0 Å². The lowest BCUT2D eigenvalue weighted by molar-refractivity contribution is 0.0915. The van der Waals surface area contributed by atoms with Gasteiger partial charge in [0.1, 0.15) is 10.8 Å². The summed E-state index contributed by atoms with van der Waals surface area (Å²) in [5.41, 5.74) is 1.38. The van der Waals surface area contributed by atoms with E-state index in [0.717, 1.165) is 15.6 Å². The zero-order valence-corrected chi connectivity index (χ0v) is 14.2. The number of rotatable bonds is 1. The second-order valence-electron chi connectivity index (χ2n) is 5.40. The van der Waals surface area contributed by atoms with E-state index in [0.29, 0.717) is 12.0 Å². The van der Waals surface area contributed by atoms with Gasteiger partial charge in [-0.2, -0.15) is 0 Å². The molecule has 0 amide bonds. The van der Waals surface area contributed by atoms with Crippen LogP contribution in [0.1, 0.15) is 28.4 Å². The first-order chi connectivity index (χ1) is 9.84. The predicted molar refractivity (Wildman–Crippen MR) is 87.7 cm³/mol. The molecule has 0 aromatic heterocycles. The normalized spacial score (nSPS) is 20.7. The highest BCUT2D eigenvalue weighted by atomic mass is 79.9. The first-order valence-electron chi connectivity index (χ1n) is 6.35. The number of hydrogen-bond acceptors (Lipinski definition) is 2. The first kappa shape index (κ1) is 14.9. The van der Waals surface area contributed by atoms with Gasteiger partial charge in [-0.15, -0.1) is 0 Å². The Bertz CT molecular complexity index is 756. The van der Waals surface area contributed by atoms with E-state index in [1.165, 1.54) is 6.07 Å². The van der Waals surface area contributed by atoms with Crippen LogP contribution in [-0.4, -0.2) is 10.9 Å². The third-order valence-corrected chi connectivity index (χ3v) is 5.41. The van der Waals surface area contributed by atoms with Gasteiger partial charge in [0.15, 0.2) is 5.78 Å². The summed E-state index contributed by atoms with van der Waals surface area (Å²) in [5.74, 6) is -0.153. The van der Waals surface area contributed by atoms with Crippen LogP contribution in [0.3, 0.4) is 0 Å². The maximum absolute atomic E-state index is 12.9. The van der Waals surface area contributed by atoms with Crippen LogP contribution >= 0.6 is 39.1 Å². The van der Waals surface area contributed by atoms with Crippen molar-refractivity contribution >= 4 is 44.9 Å². The third-order valence-electron chi connectivity index (χ3n) is 4.02.